The van der Waals surface area contributed by atoms with Gasteiger partial charge in [-0.15, -0.1) is 0 Å². The van der Waals surface area contributed by atoms with Crippen LogP contribution in [0.3, 0.4) is 0 Å². The third kappa shape index (κ3) is 1.78. The first-order valence-corrected chi connectivity index (χ1v) is 6.36. The Bertz CT molecular complexity index is 426. The number of carbonyl (C=O) groups excluding carboxylic acids is 2. The molecular formula is C15H22O2. The average molecular weight is 234 g/mol. The van der Waals surface area contributed by atoms with Crippen LogP contribution >= 0.6 is 0 Å². The molecule has 0 bridgehead atoms. The Morgan fingerprint density at radius 3 is 2.06 bits per heavy atom. The number of ketones is 2. The molecule has 0 aromatic heterocycles. The van der Waals surface area contributed by atoms with Gasteiger partial charge in [-0.25, -0.2) is 0 Å². The van der Waals surface area contributed by atoms with Crippen molar-refractivity contribution in [3.63, 3.8) is 0 Å². The lowest BCUT2D eigenvalue weighted by Crippen LogP contribution is -2.41. The van der Waals surface area contributed by atoms with Gasteiger partial charge in [0.15, 0.2) is 11.6 Å². The summed E-state index contributed by atoms with van der Waals surface area (Å²) in [4.78, 5) is 24.9. The standard InChI is InChI=1S/C15H22O2/c1-10-6-13(2,3)9-15(7-10)11(16)8-14(4,5)12(15)17/h7H,6,8-9H2,1-5H3. The number of hydrogen-bond donors (Lipinski definition) is 0. The molecule has 0 saturated heterocycles. The van der Waals surface area contributed by atoms with E-state index in [9.17, 15) is 9.59 Å². The second kappa shape index (κ2) is 3.30. The normalized spacial score (nSPS) is 35.2. The lowest BCUT2D eigenvalue weighted by molar-refractivity contribution is -0.136. The number of rotatable bonds is 0. The zero-order valence-corrected chi connectivity index (χ0v) is 11.5. The first-order chi connectivity index (χ1) is 7.59. The maximum atomic E-state index is 12.6. The fraction of sp³-hybridized carbons (Fsp3) is 0.733. The molecule has 2 heteroatoms. The average Bonchev–Trinajstić information content (AvgIpc) is 2.24. The minimum absolute atomic E-state index is 0.0462. The van der Waals surface area contributed by atoms with Crippen molar-refractivity contribution in [3.8, 4) is 0 Å². The van der Waals surface area contributed by atoms with Crippen LogP contribution in [0.2, 0.25) is 0 Å². The molecule has 0 aromatic carbocycles. The van der Waals surface area contributed by atoms with Crippen LogP contribution < -0.4 is 0 Å². The summed E-state index contributed by atoms with van der Waals surface area (Å²) in [5.74, 6) is 0.252. The predicted octanol–water partition coefficient (Wildman–Crippen LogP) is 3.31. The second-order valence-electron chi connectivity index (χ2n) is 7.29. The molecule has 0 aliphatic heterocycles. The van der Waals surface area contributed by atoms with E-state index in [4.69, 9.17) is 0 Å². The van der Waals surface area contributed by atoms with E-state index in [0.29, 0.717) is 12.8 Å². The van der Waals surface area contributed by atoms with Gasteiger partial charge in [0.2, 0.25) is 0 Å². The van der Waals surface area contributed by atoms with Gasteiger partial charge in [-0.3, -0.25) is 9.59 Å². The smallest absolute Gasteiger partial charge is 0.156 e. The fourth-order valence-electron chi connectivity index (χ4n) is 3.79. The van der Waals surface area contributed by atoms with Gasteiger partial charge in [-0.1, -0.05) is 39.3 Å². The van der Waals surface area contributed by atoms with E-state index < -0.39 is 10.8 Å². The summed E-state index contributed by atoms with van der Waals surface area (Å²) in [6, 6.07) is 0. The molecule has 2 nitrogen and oxygen atoms in total. The van der Waals surface area contributed by atoms with Gasteiger partial charge in [-0.2, -0.15) is 0 Å². The van der Waals surface area contributed by atoms with Crippen LogP contribution in [0.5, 0.6) is 0 Å². The molecule has 94 valence electrons. The van der Waals surface area contributed by atoms with Crippen molar-refractivity contribution in [1.82, 2.24) is 0 Å². The summed E-state index contributed by atoms with van der Waals surface area (Å²) < 4.78 is 0. The van der Waals surface area contributed by atoms with Crippen LogP contribution in [0, 0.1) is 16.2 Å². The Kier molecular flexibility index (Phi) is 2.44. The van der Waals surface area contributed by atoms with Crippen LogP contribution in [0.1, 0.15) is 53.9 Å². The predicted molar refractivity (Wildman–Crippen MR) is 67.6 cm³/mol. The van der Waals surface area contributed by atoms with Crippen LogP contribution in [0.4, 0.5) is 0 Å². The first-order valence-electron chi connectivity index (χ1n) is 6.36. The Labute approximate surface area is 103 Å². The Balaban J connectivity index is 2.54. The van der Waals surface area contributed by atoms with Gasteiger partial charge in [0.05, 0.1) is 0 Å². The SMILES string of the molecule is CC1=CC2(CC(C)(C)C1)C(=O)CC(C)(C)C2=O. The van der Waals surface area contributed by atoms with Crippen LogP contribution in [0.25, 0.3) is 0 Å². The summed E-state index contributed by atoms with van der Waals surface area (Å²) >= 11 is 0. The number of allylic oxidation sites excluding steroid dienone is 2. The summed E-state index contributed by atoms with van der Waals surface area (Å²) in [5, 5.41) is 0. The van der Waals surface area contributed by atoms with Gasteiger partial charge in [0.1, 0.15) is 5.41 Å². The summed E-state index contributed by atoms with van der Waals surface area (Å²) in [7, 11) is 0. The van der Waals surface area contributed by atoms with Crippen LogP contribution in [-0.2, 0) is 9.59 Å². The molecule has 0 heterocycles. The molecule has 2 aliphatic carbocycles. The van der Waals surface area contributed by atoms with Crippen molar-refractivity contribution in [3.05, 3.63) is 11.6 Å². The molecule has 0 N–H and O–H groups in total. The number of Topliss-reactive ketones (excluding diaryl/α,β-unsaturated/α-hetero) is 2. The largest absolute Gasteiger partial charge is 0.298 e. The zero-order valence-electron chi connectivity index (χ0n) is 11.5. The molecule has 17 heavy (non-hydrogen) atoms. The third-order valence-corrected chi connectivity index (χ3v) is 4.13. The van der Waals surface area contributed by atoms with Crippen molar-refractivity contribution < 1.29 is 9.59 Å². The fourth-order valence-corrected chi connectivity index (χ4v) is 3.79. The van der Waals surface area contributed by atoms with E-state index in [1.165, 1.54) is 5.57 Å². The van der Waals surface area contributed by atoms with Crippen molar-refractivity contribution in [1.29, 1.82) is 0 Å². The van der Waals surface area contributed by atoms with Crippen LogP contribution in [-0.4, -0.2) is 11.6 Å². The molecular weight excluding hydrogens is 212 g/mol. The van der Waals surface area contributed by atoms with E-state index in [1.807, 2.05) is 26.8 Å². The van der Waals surface area contributed by atoms with Gasteiger partial charge in [-0.05, 0) is 25.2 Å². The zero-order chi connectivity index (χ0) is 13.1. The molecule has 0 aromatic rings. The van der Waals surface area contributed by atoms with Gasteiger partial charge < -0.3 is 0 Å². The van der Waals surface area contributed by atoms with Crippen molar-refractivity contribution in [2.75, 3.05) is 0 Å². The van der Waals surface area contributed by atoms with Gasteiger partial charge >= 0.3 is 0 Å². The number of carbonyl (C=O) groups is 2. The molecule has 1 atom stereocenters. The van der Waals surface area contributed by atoms with E-state index >= 15 is 0 Å². The van der Waals surface area contributed by atoms with Gasteiger partial charge in [0.25, 0.3) is 0 Å². The van der Waals surface area contributed by atoms with Crippen molar-refractivity contribution >= 4 is 11.6 Å². The minimum atomic E-state index is -0.810. The van der Waals surface area contributed by atoms with Crippen molar-refractivity contribution in [2.45, 2.75) is 53.9 Å². The molecule has 0 radical (unpaired) electrons. The molecule has 0 amide bonds. The highest BCUT2D eigenvalue weighted by Crippen LogP contribution is 2.54. The molecule has 1 spiro atoms. The van der Waals surface area contributed by atoms with Crippen molar-refractivity contribution in [2.24, 2.45) is 16.2 Å². The molecule has 2 aliphatic rings. The maximum Gasteiger partial charge on any atom is 0.156 e. The monoisotopic (exact) mass is 234 g/mol. The van der Waals surface area contributed by atoms with E-state index in [-0.39, 0.29) is 17.0 Å². The Morgan fingerprint density at radius 2 is 1.65 bits per heavy atom. The summed E-state index contributed by atoms with van der Waals surface area (Å²) in [6.45, 7) is 10.1. The number of hydrogen-bond acceptors (Lipinski definition) is 2. The second-order valence-corrected chi connectivity index (χ2v) is 7.29. The van der Waals surface area contributed by atoms with E-state index in [0.717, 1.165) is 6.42 Å². The highest BCUT2D eigenvalue weighted by atomic mass is 16.2. The molecule has 1 fully saturated rings. The Morgan fingerprint density at radius 1 is 1.06 bits per heavy atom. The maximum absolute atomic E-state index is 12.6. The highest BCUT2D eigenvalue weighted by Gasteiger charge is 2.59. The molecule has 2 rings (SSSR count). The summed E-state index contributed by atoms with van der Waals surface area (Å²) in [6.07, 6.45) is 4.01. The molecule has 1 unspecified atom stereocenters. The topological polar surface area (TPSA) is 34.1 Å². The lowest BCUT2D eigenvalue weighted by Gasteiger charge is -2.39. The molecule has 1 saturated carbocycles. The van der Waals surface area contributed by atoms with Gasteiger partial charge in [0, 0.05) is 11.8 Å². The van der Waals surface area contributed by atoms with E-state index in [1.54, 1.807) is 0 Å². The minimum Gasteiger partial charge on any atom is -0.298 e. The summed E-state index contributed by atoms with van der Waals surface area (Å²) in [5.41, 5.74) is -0.0677. The quantitative estimate of drug-likeness (QED) is 0.476. The van der Waals surface area contributed by atoms with Crippen LogP contribution in [0.15, 0.2) is 11.6 Å². The van der Waals surface area contributed by atoms with E-state index in [2.05, 4.69) is 13.8 Å². The first kappa shape index (κ1) is 12.5. The Hall–Kier alpha value is -0.920. The lowest BCUT2D eigenvalue weighted by atomic mass is 9.62. The highest BCUT2D eigenvalue weighted by molar-refractivity contribution is 6.17. The third-order valence-electron chi connectivity index (χ3n) is 4.13.